The van der Waals surface area contributed by atoms with E-state index in [0.717, 1.165) is 4.88 Å². The highest BCUT2D eigenvalue weighted by atomic mass is 79.9. The van der Waals surface area contributed by atoms with Crippen LogP contribution in [0.5, 0.6) is 0 Å². The molecule has 0 fully saturated rings. The van der Waals surface area contributed by atoms with Gasteiger partial charge in [0, 0.05) is 4.88 Å². The van der Waals surface area contributed by atoms with E-state index in [1.54, 1.807) is 18.3 Å². The third-order valence-electron chi connectivity index (χ3n) is 1.26. The smallest absolute Gasteiger partial charge is 0.319 e. The molecule has 0 spiro atoms. The van der Waals surface area contributed by atoms with E-state index in [4.69, 9.17) is 4.74 Å². The Bertz CT molecular complexity index is 244. The highest BCUT2D eigenvalue weighted by Gasteiger charge is 2.09. The van der Waals surface area contributed by atoms with Crippen LogP contribution in [0.15, 0.2) is 17.5 Å². The van der Waals surface area contributed by atoms with Gasteiger partial charge in [0.2, 0.25) is 0 Å². The Morgan fingerprint density at radius 3 is 3.08 bits per heavy atom. The number of hydrogen-bond acceptors (Lipinski definition) is 3. The first-order valence-electron chi connectivity index (χ1n) is 3.53. The van der Waals surface area contributed by atoms with Gasteiger partial charge in [0.05, 0.1) is 0 Å². The van der Waals surface area contributed by atoms with Gasteiger partial charge in [-0.15, -0.1) is 11.3 Å². The van der Waals surface area contributed by atoms with Gasteiger partial charge in [-0.05, 0) is 18.4 Å². The number of hydrogen-bond donors (Lipinski definition) is 0. The van der Waals surface area contributed by atoms with Crippen molar-refractivity contribution in [2.45, 2.75) is 18.4 Å². The predicted molar refractivity (Wildman–Crippen MR) is 52.5 cm³/mol. The van der Waals surface area contributed by atoms with Crippen molar-refractivity contribution in [3.05, 3.63) is 22.4 Å². The summed E-state index contributed by atoms with van der Waals surface area (Å²) in [6.07, 6.45) is 0. The van der Waals surface area contributed by atoms with Crippen LogP contribution in [0.3, 0.4) is 0 Å². The fourth-order valence-electron chi connectivity index (χ4n) is 0.652. The molecule has 1 unspecified atom stereocenters. The van der Waals surface area contributed by atoms with Gasteiger partial charge in [-0.2, -0.15) is 0 Å². The molecule has 4 heteroatoms. The zero-order valence-electron chi connectivity index (χ0n) is 6.62. The summed E-state index contributed by atoms with van der Waals surface area (Å²) in [7, 11) is 0. The summed E-state index contributed by atoms with van der Waals surface area (Å²) in [5.74, 6) is -0.219. The van der Waals surface area contributed by atoms with Crippen LogP contribution in [0, 0.1) is 0 Å². The molecule has 0 saturated heterocycles. The molecule has 1 heterocycles. The maximum Gasteiger partial charge on any atom is 0.319 e. The van der Waals surface area contributed by atoms with Gasteiger partial charge >= 0.3 is 5.97 Å². The monoisotopic (exact) mass is 248 g/mol. The van der Waals surface area contributed by atoms with E-state index in [1.807, 2.05) is 17.5 Å². The van der Waals surface area contributed by atoms with Crippen molar-refractivity contribution in [3.8, 4) is 0 Å². The van der Waals surface area contributed by atoms with Crippen LogP contribution in [0.25, 0.3) is 0 Å². The lowest BCUT2D eigenvalue weighted by molar-refractivity contribution is -0.143. The third-order valence-corrected chi connectivity index (χ3v) is 2.49. The zero-order chi connectivity index (χ0) is 8.97. The van der Waals surface area contributed by atoms with E-state index in [2.05, 4.69) is 15.9 Å². The highest BCUT2D eigenvalue weighted by molar-refractivity contribution is 9.10. The molecule has 0 bridgehead atoms. The van der Waals surface area contributed by atoms with Crippen LogP contribution < -0.4 is 0 Å². The first-order chi connectivity index (χ1) is 5.70. The molecule has 2 nitrogen and oxygen atoms in total. The van der Waals surface area contributed by atoms with Gasteiger partial charge in [0.25, 0.3) is 0 Å². The van der Waals surface area contributed by atoms with Gasteiger partial charge < -0.3 is 4.74 Å². The number of carbonyl (C=O) groups is 1. The average Bonchev–Trinajstić information content (AvgIpc) is 2.51. The molecule has 0 aliphatic carbocycles. The number of rotatable bonds is 3. The summed E-state index contributed by atoms with van der Waals surface area (Å²) in [4.78, 5) is 11.8. The zero-order valence-corrected chi connectivity index (χ0v) is 9.02. The molecule has 0 aromatic carbocycles. The average molecular weight is 249 g/mol. The van der Waals surface area contributed by atoms with E-state index in [1.165, 1.54) is 0 Å². The van der Waals surface area contributed by atoms with Gasteiger partial charge in [-0.3, -0.25) is 4.79 Å². The number of carbonyl (C=O) groups excluding carboxylic acids is 1. The number of thiophene rings is 1. The van der Waals surface area contributed by atoms with Crippen molar-refractivity contribution >= 4 is 33.2 Å². The van der Waals surface area contributed by atoms with Gasteiger partial charge in [-0.1, -0.05) is 22.0 Å². The molecule has 0 amide bonds. The number of halogens is 1. The fourth-order valence-corrected chi connectivity index (χ4v) is 1.40. The lowest BCUT2D eigenvalue weighted by Gasteiger charge is -2.03. The Hall–Kier alpha value is -0.350. The van der Waals surface area contributed by atoms with Crippen molar-refractivity contribution in [3.63, 3.8) is 0 Å². The Morgan fingerprint density at radius 1 is 1.83 bits per heavy atom. The summed E-state index contributed by atoms with van der Waals surface area (Å²) in [5, 5.41) is 1.96. The maximum atomic E-state index is 11.0. The van der Waals surface area contributed by atoms with Crippen LogP contribution in [-0.2, 0) is 16.1 Å². The predicted octanol–water partition coefficient (Wildman–Crippen LogP) is 2.57. The lowest BCUT2D eigenvalue weighted by atomic mass is 10.5. The molecule has 12 heavy (non-hydrogen) atoms. The molecular weight excluding hydrogens is 240 g/mol. The summed E-state index contributed by atoms with van der Waals surface area (Å²) >= 11 is 4.72. The van der Waals surface area contributed by atoms with Crippen molar-refractivity contribution < 1.29 is 9.53 Å². The molecule has 0 saturated carbocycles. The van der Waals surface area contributed by atoms with Gasteiger partial charge in [0.1, 0.15) is 11.4 Å². The normalized spacial score (nSPS) is 12.5. The summed E-state index contributed by atoms with van der Waals surface area (Å²) in [6.45, 7) is 2.13. The summed E-state index contributed by atoms with van der Waals surface area (Å²) in [6, 6.07) is 3.88. The molecule has 1 aromatic heterocycles. The van der Waals surface area contributed by atoms with E-state index in [0.29, 0.717) is 6.61 Å². The number of esters is 1. The van der Waals surface area contributed by atoms with Crippen LogP contribution in [0.2, 0.25) is 0 Å². The Kier molecular flexibility index (Phi) is 3.75. The summed E-state index contributed by atoms with van der Waals surface area (Å²) < 4.78 is 4.97. The standard InChI is InChI=1S/C8H9BrO2S/c1-6(9)8(10)11-5-7-3-2-4-12-7/h2-4,6H,5H2,1H3. The minimum absolute atomic E-state index is 0.219. The first kappa shape index (κ1) is 9.74. The van der Waals surface area contributed by atoms with Crippen LogP contribution >= 0.6 is 27.3 Å². The van der Waals surface area contributed by atoms with Crippen molar-refractivity contribution in [1.82, 2.24) is 0 Å². The molecule has 0 aliphatic heterocycles. The molecular formula is C8H9BrO2S. The summed E-state index contributed by atoms with van der Waals surface area (Å²) in [5.41, 5.74) is 0. The van der Waals surface area contributed by atoms with Crippen molar-refractivity contribution in [2.75, 3.05) is 0 Å². The second-order valence-corrected chi connectivity index (χ2v) is 4.71. The van der Waals surface area contributed by atoms with E-state index >= 15 is 0 Å². The highest BCUT2D eigenvalue weighted by Crippen LogP contribution is 2.11. The second-order valence-electron chi connectivity index (χ2n) is 2.30. The molecule has 66 valence electrons. The van der Waals surface area contributed by atoms with E-state index < -0.39 is 0 Å². The molecule has 0 N–H and O–H groups in total. The minimum atomic E-state index is -0.225. The third kappa shape index (κ3) is 2.95. The SMILES string of the molecule is CC(Br)C(=O)OCc1cccs1. The fraction of sp³-hybridized carbons (Fsp3) is 0.375. The van der Waals surface area contributed by atoms with Crippen LogP contribution in [0.4, 0.5) is 0 Å². The Balaban J connectivity index is 2.32. The number of ether oxygens (including phenoxy) is 1. The molecule has 1 atom stereocenters. The van der Waals surface area contributed by atoms with Gasteiger partial charge in [-0.25, -0.2) is 0 Å². The quantitative estimate of drug-likeness (QED) is 0.608. The van der Waals surface area contributed by atoms with Crippen molar-refractivity contribution in [1.29, 1.82) is 0 Å². The first-order valence-corrected chi connectivity index (χ1v) is 5.33. The Morgan fingerprint density at radius 2 is 2.58 bits per heavy atom. The molecule has 0 aliphatic rings. The molecule has 1 aromatic rings. The number of alkyl halides is 1. The van der Waals surface area contributed by atoms with Crippen LogP contribution in [0.1, 0.15) is 11.8 Å². The maximum absolute atomic E-state index is 11.0. The van der Waals surface area contributed by atoms with E-state index in [-0.39, 0.29) is 10.8 Å². The minimum Gasteiger partial charge on any atom is -0.459 e. The molecule has 1 rings (SSSR count). The second kappa shape index (κ2) is 4.62. The van der Waals surface area contributed by atoms with Gasteiger partial charge in [0.15, 0.2) is 0 Å². The van der Waals surface area contributed by atoms with Crippen LogP contribution in [-0.4, -0.2) is 10.8 Å². The molecule has 0 radical (unpaired) electrons. The largest absolute Gasteiger partial charge is 0.459 e. The lowest BCUT2D eigenvalue weighted by Crippen LogP contribution is -2.13. The van der Waals surface area contributed by atoms with Crippen molar-refractivity contribution in [2.24, 2.45) is 0 Å². The Labute approximate surface area is 83.7 Å². The topological polar surface area (TPSA) is 26.3 Å². The van der Waals surface area contributed by atoms with E-state index in [9.17, 15) is 4.79 Å².